The van der Waals surface area contributed by atoms with Crippen molar-refractivity contribution in [3.63, 3.8) is 0 Å². The molecule has 2 aromatic carbocycles. The lowest BCUT2D eigenvalue weighted by molar-refractivity contribution is -0.145. The number of nitrogens with zero attached hydrogens (tertiary/aromatic N) is 1. The van der Waals surface area contributed by atoms with Gasteiger partial charge in [0.1, 0.15) is 5.92 Å². The first-order valence-electron chi connectivity index (χ1n) is 9.20. The maximum Gasteiger partial charge on any atom is 0.315 e. The molecule has 27 heavy (non-hydrogen) atoms. The van der Waals surface area contributed by atoms with Crippen LogP contribution in [0.3, 0.4) is 0 Å². The number of aliphatic imine (C=N–C) groups is 1. The van der Waals surface area contributed by atoms with Gasteiger partial charge in [-0.1, -0.05) is 48.5 Å². The van der Waals surface area contributed by atoms with E-state index in [0.29, 0.717) is 29.2 Å². The quantitative estimate of drug-likeness (QED) is 0.766. The molecule has 2 atom stereocenters. The zero-order chi connectivity index (χ0) is 19.1. The molecule has 1 aliphatic carbocycles. The Hall–Kier alpha value is -3.01. The minimum absolute atomic E-state index is 0.0422. The first-order chi connectivity index (χ1) is 13.0. The van der Waals surface area contributed by atoms with Crippen molar-refractivity contribution in [1.82, 2.24) is 0 Å². The van der Waals surface area contributed by atoms with E-state index in [1.165, 1.54) is 0 Å². The minimum atomic E-state index is -0.594. The van der Waals surface area contributed by atoms with Gasteiger partial charge in [0, 0.05) is 28.3 Å². The first kappa shape index (κ1) is 17.4. The first-order valence-corrected chi connectivity index (χ1v) is 9.20. The van der Waals surface area contributed by atoms with E-state index >= 15 is 0 Å². The number of benzene rings is 2. The molecule has 0 saturated heterocycles. The molecule has 0 aromatic heterocycles. The average molecular weight is 359 g/mol. The van der Waals surface area contributed by atoms with Crippen LogP contribution in [0, 0.1) is 12.8 Å². The van der Waals surface area contributed by atoms with Crippen molar-refractivity contribution in [3.05, 3.63) is 76.4 Å². The van der Waals surface area contributed by atoms with Crippen LogP contribution < -0.4 is 0 Å². The number of aryl methyl sites for hydroxylation is 1. The summed E-state index contributed by atoms with van der Waals surface area (Å²) < 4.78 is 5.35. The monoisotopic (exact) mass is 359 g/mol. The number of hydrogen-bond acceptors (Lipinski definition) is 4. The van der Waals surface area contributed by atoms with Crippen LogP contribution in [-0.4, -0.2) is 24.1 Å². The molecule has 2 aromatic rings. The maximum atomic E-state index is 13.3. The fraction of sp³-hybridized carbons (Fsp3) is 0.261. The number of esters is 1. The minimum Gasteiger partial charge on any atom is -0.465 e. The molecule has 0 N–H and O–H groups in total. The summed E-state index contributed by atoms with van der Waals surface area (Å²) >= 11 is 0. The van der Waals surface area contributed by atoms with Gasteiger partial charge in [0.05, 0.1) is 12.3 Å². The molecule has 1 unspecified atom stereocenters. The number of ketones is 1. The molecule has 4 nitrogen and oxygen atoms in total. The molecule has 2 aliphatic rings. The molecule has 1 aliphatic heterocycles. The zero-order valence-corrected chi connectivity index (χ0v) is 15.7. The third kappa shape index (κ3) is 2.64. The zero-order valence-electron chi connectivity index (χ0n) is 15.7. The molecular formula is C23H21NO3. The topological polar surface area (TPSA) is 55.7 Å². The fourth-order valence-electron chi connectivity index (χ4n) is 4.16. The summed E-state index contributed by atoms with van der Waals surface area (Å²) in [4.78, 5) is 30.8. The van der Waals surface area contributed by atoms with E-state index in [1.807, 2.05) is 62.4 Å². The Labute approximate surface area is 158 Å². The summed E-state index contributed by atoms with van der Waals surface area (Å²) in [5, 5.41) is 0. The average Bonchev–Trinajstić information content (AvgIpc) is 2.94. The number of carbonyl (C=O) groups excluding carboxylic acids is 2. The summed E-state index contributed by atoms with van der Waals surface area (Å²) in [5.41, 5.74) is 5.50. The van der Waals surface area contributed by atoms with Gasteiger partial charge in [0.25, 0.3) is 0 Å². The van der Waals surface area contributed by atoms with Gasteiger partial charge in [-0.25, -0.2) is 0 Å². The van der Waals surface area contributed by atoms with Crippen LogP contribution in [-0.2, 0) is 9.53 Å². The second kappa shape index (κ2) is 6.62. The Morgan fingerprint density at radius 2 is 1.70 bits per heavy atom. The summed E-state index contributed by atoms with van der Waals surface area (Å²) in [5.74, 6) is -1.36. The van der Waals surface area contributed by atoms with Gasteiger partial charge in [-0.15, -0.1) is 0 Å². The van der Waals surface area contributed by atoms with Gasteiger partial charge in [-0.2, -0.15) is 0 Å². The van der Waals surface area contributed by atoms with E-state index in [9.17, 15) is 9.59 Å². The lowest BCUT2D eigenvalue weighted by atomic mass is 9.74. The maximum absolute atomic E-state index is 13.3. The molecule has 0 fully saturated rings. The van der Waals surface area contributed by atoms with Gasteiger partial charge < -0.3 is 4.74 Å². The molecule has 136 valence electrons. The van der Waals surface area contributed by atoms with Gasteiger partial charge in [0.2, 0.25) is 0 Å². The third-order valence-electron chi connectivity index (χ3n) is 5.37. The van der Waals surface area contributed by atoms with Crippen molar-refractivity contribution in [2.24, 2.45) is 10.9 Å². The Balaban J connectivity index is 1.96. The molecule has 0 saturated carbocycles. The molecule has 0 amide bonds. The normalized spacial score (nSPS) is 20.9. The fourth-order valence-corrected chi connectivity index (χ4v) is 4.16. The molecule has 0 radical (unpaired) electrons. The summed E-state index contributed by atoms with van der Waals surface area (Å²) in [6.45, 7) is 5.94. The second-order valence-electron chi connectivity index (χ2n) is 6.95. The number of rotatable bonds is 3. The lowest BCUT2D eigenvalue weighted by Crippen LogP contribution is -2.35. The van der Waals surface area contributed by atoms with Crippen LogP contribution in [0.5, 0.6) is 0 Å². The largest absolute Gasteiger partial charge is 0.465 e. The second-order valence-corrected chi connectivity index (χ2v) is 6.95. The summed E-state index contributed by atoms with van der Waals surface area (Å²) in [6, 6.07) is 15.4. The number of hydrogen-bond donors (Lipinski definition) is 0. The van der Waals surface area contributed by atoms with Crippen molar-refractivity contribution in [3.8, 4) is 0 Å². The van der Waals surface area contributed by atoms with Crippen molar-refractivity contribution < 1.29 is 14.3 Å². The van der Waals surface area contributed by atoms with Crippen LogP contribution in [0.2, 0.25) is 0 Å². The number of ether oxygens (including phenoxy) is 1. The van der Waals surface area contributed by atoms with Crippen LogP contribution in [0.25, 0.3) is 5.70 Å². The number of fused-ring (bicyclic) bond motifs is 2. The molecule has 0 bridgehead atoms. The van der Waals surface area contributed by atoms with Crippen molar-refractivity contribution in [2.75, 3.05) is 6.61 Å². The predicted molar refractivity (Wildman–Crippen MR) is 105 cm³/mol. The van der Waals surface area contributed by atoms with Crippen LogP contribution in [0.4, 0.5) is 0 Å². The third-order valence-corrected chi connectivity index (χ3v) is 5.37. The number of carbonyl (C=O) groups is 2. The van der Waals surface area contributed by atoms with E-state index in [-0.39, 0.29) is 11.8 Å². The number of Topliss-reactive ketones (excluding diaryl/α,β-unsaturated/α-hetero) is 1. The predicted octanol–water partition coefficient (Wildman–Crippen LogP) is 4.34. The SMILES string of the molecule is CCOC(=O)C1C(C)=NC2=C(C(=O)c3ccccc32)[C@@H]1c1ccccc1C. The molecule has 0 spiro atoms. The highest BCUT2D eigenvalue weighted by molar-refractivity contribution is 6.24. The van der Waals surface area contributed by atoms with Crippen LogP contribution in [0.15, 0.2) is 59.1 Å². The lowest BCUT2D eigenvalue weighted by Gasteiger charge is -2.31. The highest BCUT2D eigenvalue weighted by atomic mass is 16.5. The molecular weight excluding hydrogens is 338 g/mol. The van der Waals surface area contributed by atoms with Gasteiger partial charge >= 0.3 is 5.97 Å². The van der Waals surface area contributed by atoms with Gasteiger partial charge in [-0.05, 0) is 31.9 Å². The van der Waals surface area contributed by atoms with E-state index in [2.05, 4.69) is 0 Å². The Kier molecular flexibility index (Phi) is 4.27. The van der Waals surface area contributed by atoms with Crippen molar-refractivity contribution in [1.29, 1.82) is 0 Å². The van der Waals surface area contributed by atoms with Gasteiger partial charge in [-0.3, -0.25) is 14.6 Å². The van der Waals surface area contributed by atoms with Gasteiger partial charge in [0.15, 0.2) is 5.78 Å². The Morgan fingerprint density at radius 3 is 2.41 bits per heavy atom. The number of allylic oxidation sites excluding steroid dienone is 1. The van der Waals surface area contributed by atoms with E-state index < -0.39 is 11.8 Å². The highest BCUT2D eigenvalue weighted by Gasteiger charge is 2.46. The smallest absolute Gasteiger partial charge is 0.315 e. The Bertz CT molecular complexity index is 1020. The molecule has 4 rings (SSSR count). The van der Waals surface area contributed by atoms with E-state index in [4.69, 9.17) is 9.73 Å². The standard InChI is InChI=1S/C23H21NO3/c1-4-27-23(26)18-14(3)24-21-16-11-7-8-12-17(16)22(25)20(21)19(18)15-10-6-5-9-13(15)2/h5-12,18-19H,4H2,1-3H3/t18?,19-/m1/s1. The molecule has 1 heterocycles. The van der Waals surface area contributed by atoms with Crippen molar-refractivity contribution in [2.45, 2.75) is 26.7 Å². The van der Waals surface area contributed by atoms with E-state index in [1.54, 1.807) is 6.92 Å². The summed E-state index contributed by atoms with van der Waals surface area (Å²) in [6.07, 6.45) is 0. The summed E-state index contributed by atoms with van der Waals surface area (Å²) in [7, 11) is 0. The Morgan fingerprint density at radius 1 is 1.04 bits per heavy atom. The van der Waals surface area contributed by atoms with E-state index in [0.717, 1.165) is 16.7 Å². The van der Waals surface area contributed by atoms with Crippen LogP contribution >= 0.6 is 0 Å². The van der Waals surface area contributed by atoms with Crippen LogP contribution in [0.1, 0.15) is 46.8 Å². The molecule has 4 heteroatoms. The van der Waals surface area contributed by atoms with Crippen molar-refractivity contribution >= 4 is 23.2 Å². The highest BCUT2D eigenvalue weighted by Crippen LogP contribution is 2.48.